The fourth-order valence-electron chi connectivity index (χ4n) is 3.86. The Bertz CT molecular complexity index is 861. The van der Waals surface area contributed by atoms with E-state index in [1.807, 2.05) is 12.4 Å². The van der Waals surface area contributed by atoms with Crippen molar-refractivity contribution in [1.29, 1.82) is 0 Å². The Hall–Kier alpha value is -2.40. The number of imidazole rings is 2. The molecule has 136 valence electrons. The Morgan fingerprint density at radius 2 is 1.96 bits per heavy atom. The number of H-pyrrole nitrogens is 1. The molecule has 0 saturated heterocycles. The van der Waals surface area contributed by atoms with Crippen LogP contribution in [0.4, 0.5) is 0 Å². The summed E-state index contributed by atoms with van der Waals surface area (Å²) in [5, 5.41) is 0. The number of aromatic amines is 1. The molecule has 0 amide bonds. The minimum absolute atomic E-state index is 0.226. The van der Waals surface area contributed by atoms with Crippen LogP contribution in [0, 0.1) is 12.3 Å². The number of rotatable bonds is 7. The molecule has 5 heteroatoms. The molecule has 2 heterocycles. The van der Waals surface area contributed by atoms with Gasteiger partial charge in [0.05, 0.1) is 30.6 Å². The summed E-state index contributed by atoms with van der Waals surface area (Å²) in [5.74, 6) is 0. The van der Waals surface area contributed by atoms with Gasteiger partial charge >= 0.3 is 0 Å². The zero-order valence-electron chi connectivity index (χ0n) is 15.5. The average Bonchev–Trinajstić information content (AvgIpc) is 3.23. The van der Waals surface area contributed by atoms with Crippen LogP contribution < -0.4 is 0 Å². The molecule has 3 aromatic rings. The molecule has 0 radical (unpaired) electrons. The van der Waals surface area contributed by atoms with E-state index in [-0.39, 0.29) is 5.41 Å². The summed E-state index contributed by atoms with van der Waals surface area (Å²) in [5.41, 5.74) is 5.48. The van der Waals surface area contributed by atoms with E-state index in [4.69, 9.17) is 9.72 Å². The Kier molecular flexibility index (Phi) is 4.64. The van der Waals surface area contributed by atoms with Crippen LogP contribution >= 0.6 is 0 Å². The minimum Gasteiger partial charge on any atom is -0.381 e. The van der Waals surface area contributed by atoms with Gasteiger partial charge in [-0.2, -0.15) is 0 Å². The quantitative estimate of drug-likeness (QED) is 0.685. The van der Waals surface area contributed by atoms with E-state index in [1.165, 1.54) is 19.3 Å². The SMILES string of the molecule is CCOCC1(Cn2cnc(-c3ccccc3)c2-c2nc[nH]c2C)CCC1. The summed E-state index contributed by atoms with van der Waals surface area (Å²) in [6, 6.07) is 10.4. The van der Waals surface area contributed by atoms with Gasteiger partial charge in [0.25, 0.3) is 0 Å². The second kappa shape index (κ2) is 7.08. The van der Waals surface area contributed by atoms with Gasteiger partial charge in [0.1, 0.15) is 5.69 Å². The predicted molar refractivity (Wildman–Crippen MR) is 103 cm³/mol. The van der Waals surface area contributed by atoms with E-state index >= 15 is 0 Å². The van der Waals surface area contributed by atoms with Crippen LogP contribution in [0.25, 0.3) is 22.6 Å². The molecule has 26 heavy (non-hydrogen) atoms. The molecule has 1 fully saturated rings. The summed E-state index contributed by atoms with van der Waals surface area (Å²) in [7, 11) is 0. The monoisotopic (exact) mass is 350 g/mol. The van der Waals surface area contributed by atoms with Crippen molar-refractivity contribution >= 4 is 0 Å². The number of ether oxygens (including phenoxy) is 1. The van der Waals surface area contributed by atoms with Crippen molar-refractivity contribution in [1.82, 2.24) is 19.5 Å². The Balaban J connectivity index is 1.76. The number of aryl methyl sites for hydroxylation is 1. The van der Waals surface area contributed by atoms with Crippen LogP contribution in [0.5, 0.6) is 0 Å². The van der Waals surface area contributed by atoms with E-state index < -0.39 is 0 Å². The van der Waals surface area contributed by atoms with Crippen molar-refractivity contribution < 1.29 is 4.74 Å². The van der Waals surface area contributed by atoms with Crippen LogP contribution in [-0.2, 0) is 11.3 Å². The predicted octanol–water partition coefficient (Wildman–Crippen LogP) is 4.46. The number of nitrogens with zero attached hydrogens (tertiary/aromatic N) is 3. The lowest BCUT2D eigenvalue weighted by Crippen LogP contribution is -2.38. The van der Waals surface area contributed by atoms with Gasteiger partial charge in [-0.25, -0.2) is 9.97 Å². The largest absolute Gasteiger partial charge is 0.381 e. The highest BCUT2D eigenvalue weighted by atomic mass is 16.5. The van der Waals surface area contributed by atoms with E-state index in [9.17, 15) is 0 Å². The van der Waals surface area contributed by atoms with E-state index in [0.717, 1.165) is 48.1 Å². The topological polar surface area (TPSA) is 55.7 Å². The maximum absolute atomic E-state index is 5.80. The molecule has 1 aliphatic rings. The summed E-state index contributed by atoms with van der Waals surface area (Å²) in [6.07, 6.45) is 7.44. The van der Waals surface area contributed by atoms with Crippen LogP contribution in [0.1, 0.15) is 31.9 Å². The molecular weight excluding hydrogens is 324 g/mol. The molecule has 0 atom stereocenters. The van der Waals surface area contributed by atoms with E-state index in [2.05, 4.69) is 52.6 Å². The third-order valence-corrected chi connectivity index (χ3v) is 5.47. The number of hydrogen-bond donors (Lipinski definition) is 1. The van der Waals surface area contributed by atoms with Crippen LogP contribution in [0.15, 0.2) is 43.0 Å². The first-order valence-electron chi connectivity index (χ1n) is 9.41. The highest BCUT2D eigenvalue weighted by Gasteiger charge is 2.38. The van der Waals surface area contributed by atoms with Gasteiger partial charge in [-0.15, -0.1) is 0 Å². The highest BCUT2D eigenvalue weighted by molar-refractivity contribution is 5.77. The highest BCUT2D eigenvalue weighted by Crippen LogP contribution is 2.44. The molecule has 0 spiro atoms. The normalized spacial score (nSPS) is 15.8. The smallest absolute Gasteiger partial charge is 0.110 e. The molecule has 0 unspecified atom stereocenters. The zero-order chi connectivity index (χ0) is 18.0. The van der Waals surface area contributed by atoms with Gasteiger partial charge in [0.15, 0.2) is 0 Å². The Morgan fingerprint density at radius 1 is 1.15 bits per heavy atom. The van der Waals surface area contributed by atoms with Gasteiger partial charge in [0.2, 0.25) is 0 Å². The lowest BCUT2D eigenvalue weighted by molar-refractivity contribution is -0.0134. The van der Waals surface area contributed by atoms with Crippen molar-refractivity contribution in [2.45, 2.75) is 39.7 Å². The molecule has 1 aliphatic carbocycles. The molecule has 4 rings (SSSR count). The number of aromatic nitrogens is 4. The molecule has 1 saturated carbocycles. The lowest BCUT2D eigenvalue weighted by Gasteiger charge is -2.42. The number of hydrogen-bond acceptors (Lipinski definition) is 3. The summed E-state index contributed by atoms with van der Waals surface area (Å²) in [4.78, 5) is 12.6. The van der Waals surface area contributed by atoms with Crippen molar-refractivity contribution in [3.05, 3.63) is 48.7 Å². The summed E-state index contributed by atoms with van der Waals surface area (Å²) in [6.45, 7) is 6.64. The van der Waals surface area contributed by atoms with Gasteiger partial charge < -0.3 is 14.3 Å². The van der Waals surface area contributed by atoms with Crippen LogP contribution in [-0.4, -0.2) is 32.7 Å². The molecule has 2 aromatic heterocycles. The maximum Gasteiger partial charge on any atom is 0.110 e. The summed E-state index contributed by atoms with van der Waals surface area (Å²) < 4.78 is 8.08. The van der Waals surface area contributed by atoms with Crippen molar-refractivity contribution in [2.24, 2.45) is 5.41 Å². The first kappa shape index (κ1) is 17.0. The zero-order valence-corrected chi connectivity index (χ0v) is 15.5. The third kappa shape index (κ3) is 3.07. The number of benzene rings is 1. The lowest BCUT2D eigenvalue weighted by atomic mass is 9.69. The van der Waals surface area contributed by atoms with E-state index in [0.29, 0.717) is 0 Å². The third-order valence-electron chi connectivity index (χ3n) is 5.47. The second-order valence-electron chi connectivity index (χ2n) is 7.30. The molecule has 0 bridgehead atoms. The van der Waals surface area contributed by atoms with Crippen LogP contribution in [0.3, 0.4) is 0 Å². The minimum atomic E-state index is 0.226. The fraction of sp³-hybridized carbons (Fsp3) is 0.429. The van der Waals surface area contributed by atoms with Gasteiger partial charge in [0, 0.05) is 29.8 Å². The van der Waals surface area contributed by atoms with Crippen molar-refractivity contribution in [3.63, 3.8) is 0 Å². The first-order valence-corrected chi connectivity index (χ1v) is 9.41. The second-order valence-corrected chi connectivity index (χ2v) is 7.30. The van der Waals surface area contributed by atoms with Gasteiger partial charge in [-0.05, 0) is 26.7 Å². The van der Waals surface area contributed by atoms with Gasteiger partial charge in [-0.1, -0.05) is 36.8 Å². The molecular formula is C21H26N4O. The van der Waals surface area contributed by atoms with Crippen molar-refractivity contribution in [2.75, 3.05) is 13.2 Å². The standard InChI is InChI=1S/C21H26N4O/c1-3-26-13-21(10-7-11-21)12-25-15-24-19(17-8-5-4-6-9-17)20(25)18-16(2)22-14-23-18/h4-6,8-9,14-15H,3,7,10-13H2,1-2H3,(H,22,23). The molecule has 1 aromatic carbocycles. The Labute approximate surface area is 154 Å². The van der Waals surface area contributed by atoms with Gasteiger partial charge in [-0.3, -0.25) is 0 Å². The maximum atomic E-state index is 5.80. The Morgan fingerprint density at radius 3 is 2.58 bits per heavy atom. The fourth-order valence-corrected chi connectivity index (χ4v) is 3.86. The molecule has 1 N–H and O–H groups in total. The summed E-state index contributed by atoms with van der Waals surface area (Å²) >= 11 is 0. The first-order chi connectivity index (χ1) is 12.7. The molecule has 0 aliphatic heterocycles. The number of nitrogens with one attached hydrogen (secondary N) is 1. The average molecular weight is 350 g/mol. The van der Waals surface area contributed by atoms with E-state index in [1.54, 1.807) is 6.33 Å². The molecule has 5 nitrogen and oxygen atoms in total. The van der Waals surface area contributed by atoms with Crippen LogP contribution in [0.2, 0.25) is 0 Å². The van der Waals surface area contributed by atoms with Crippen molar-refractivity contribution in [3.8, 4) is 22.6 Å².